The first-order valence-corrected chi connectivity index (χ1v) is 6.76. The van der Waals surface area contributed by atoms with E-state index in [0.717, 1.165) is 32.2 Å². The van der Waals surface area contributed by atoms with E-state index in [9.17, 15) is 0 Å². The average molecular weight is 267 g/mol. The van der Waals surface area contributed by atoms with Gasteiger partial charge in [-0.3, -0.25) is 9.67 Å². The molecule has 0 aliphatic heterocycles. The van der Waals surface area contributed by atoms with Crippen LogP contribution in [-0.4, -0.2) is 49.1 Å². The molecule has 0 saturated carbocycles. The topological polar surface area (TPSA) is 63.5 Å². The zero-order chi connectivity index (χ0) is 13.9. The van der Waals surface area contributed by atoms with Gasteiger partial charge in [-0.15, -0.1) is 0 Å². The van der Waals surface area contributed by atoms with Gasteiger partial charge in [0.05, 0.1) is 6.61 Å². The molecular formula is C13H25N5O. The number of nitrogens with zero attached hydrogens (tertiary/aromatic N) is 3. The molecule has 1 atom stereocenters. The van der Waals surface area contributed by atoms with Gasteiger partial charge in [0.15, 0.2) is 5.96 Å². The Kier molecular flexibility index (Phi) is 7.65. The highest BCUT2D eigenvalue weighted by Crippen LogP contribution is 1.97. The molecule has 0 aliphatic rings. The van der Waals surface area contributed by atoms with E-state index >= 15 is 0 Å². The lowest BCUT2D eigenvalue weighted by Gasteiger charge is -2.16. The van der Waals surface area contributed by atoms with Crippen LogP contribution in [0.4, 0.5) is 0 Å². The van der Waals surface area contributed by atoms with Gasteiger partial charge < -0.3 is 15.4 Å². The monoisotopic (exact) mass is 267 g/mol. The molecule has 1 aromatic rings. The fourth-order valence-electron chi connectivity index (χ4n) is 1.67. The van der Waals surface area contributed by atoms with Crippen LogP contribution < -0.4 is 10.6 Å². The summed E-state index contributed by atoms with van der Waals surface area (Å²) in [6.45, 7) is 8.13. The van der Waals surface area contributed by atoms with Gasteiger partial charge >= 0.3 is 0 Å². The van der Waals surface area contributed by atoms with Gasteiger partial charge in [0.25, 0.3) is 0 Å². The van der Waals surface area contributed by atoms with Crippen LogP contribution in [0.25, 0.3) is 0 Å². The Balaban J connectivity index is 2.17. The SMILES string of the molecule is CCOCCNC(=NC)NCC(C)Cn1cccn1. The van der Waals surface area contributed by atoms with E-state index in [4.69, 9.17) is 4.74 Å². The lowest BCUT2D eigenvalue weighted by molar-refractivity contribution is 0.152. The molecule has 0 aromatic carbocycles. The fourth-order valence-corrected chi connectivity index (χ4v) is 1.67. The summed E-state index contributed by atoms with van der Waals surface area (Å²) in [5.41, 5.74) is 0. The summed E-state index contributed by atoms with van der Waals surface area (Å²) in [5.74, 6) is 1.29. The second-order valence-corrected chi connectivity index (χ2v) is 4.41. The van der Waals surface area contributed by atoms with Crippen molar-refractivity contribution in [1.82, 2.24) is 20.4 Å². The standard InChI is InChI=1S/C13H25N5O/c1-4-19-9-7-15-13(14-3)16-10-12(2)11-18-8-5-6-17-18/h5-6,8,12H,4,7,9-11H2,1-3H3,(H2,14,15,16). The lowest BCUT2D eigenvalue weighted by Crippen LogP contribution is -2.41. The molecule has 19 heavy (non-hydrogen) atoms. The number of aromatic nitrogens is 2. The summed E-state index contributed by atoms with van der Waals surface area (Å²) < 4.78 is 7.21. The van der Waals surface area contributed by atoms with Gasteiger partial charge in [-0.2, -0.15) is 5.10 Å². The van der Waals surface area contributed by atoms with Crippen molar-refractivity contribution in [3.8, 4) is 0 Å². The first-order valence-electron chi connectivity index (χ1n) is 6.76. The van der Waals surface area contributed by atoms with Crippen molar-refractivity contribution < 1.29 is 4.74 Å². The van der Waals surface area contributed by atoms with Gasteiger partial charge in [-0.25, -0.2) is 0 Å². The minimum atomic E-state index is 0.477. The molecule has 1 aromatic heterocycles. The Morgan fingerprint density at radius 2 is 2.32 bits per heavy atom. The lowest BCUT2D eigenvalue weighted by atomic mass is 10.2. The Morgan fingerprint density at radius 1 is 1.47 bits per heavy atom. The van der Waals surface area contributed by atoms with Crippen LogP contribution in [0.15, 0.2) is 23.5 Å². The Morgan fingerprint density at radius 3 is 2.95 bits per heavy atom. The molecule has 1 rings (SSSR count). The summed E-state index contributed by atoms with van der Waals surface area (Å²) in [4.78, 5) is 4.17. The molecule has 0 bridgehead atoms. The van der Waals surface area contributed by atoms with Crippen LogP contribution in [0.1, 0.15) is 13.8 Å². The largest absolute Gasteiger partial charge is 0.380 e. The second-order valence-electron chi connectivity index (χ2n) is 4.41. The van der Waals surface area contributed by atoms with Gasteiger partial charge in [0.2, 0.25) is 0 Å². The number of ether oxygens (including phenoxy) is 1. The molecule has 6 heteroatoms. The van der Waals surface area contributed by atoms with E-state index in [1.807, 2.05) is 23.9 Å². The average Bonchev–Trinajstić information content (AvgIpc) is 2.91. The minimum Gasteiger partial charge on any atom is -0.380 e. The van der Waals surface area contributed by atoms with Crippen molar-refractivity contribution in [3.05, 3.63) is 18.5 Å². The highest BCUT2D eigenvalue weighted by atomic mass is 16.5. The molecule has 0 fully saturated rings. The second kappa shape index (κ2) is 9.38. The van der Waals surface area contributed by atoms with Crippen LogP contribution in [0.2, 0.25) is 0 Å². The Bertz CT molecular complexity index is 350. The van der Waals surface area contributed by atoms with E-state index in [2.05, 4.69) is 27.6 Å². The summed E-state index contributed by atoms with van der Waals surface area (Å²) in [5, 5.41) is 10.7. The maximum atomic E-state index is 5.27. The molecule has 6 nitrogen and oxygen atoms in total. The molecule has 0 saturated heterocycles. The zero-order valence-electron chi connectivity index (χ0n) is 12.1. The van der Waals surface area contributed by atoms with Gasteiger partial charge in [0.1, 0.15) is 0 Å². The highest BCUT2D eigenvalue weighted by molar-refractivity contribution is 5.79. The van der Waals surface area contributed by atoms with Crippen LogP contribution in [-0.2, 0) is 11.3 Å². The molecule has 0 amide bonds. The van der Waals surface area contributed by atoms with Gasteiger partial charge in [-0.1, -0.05) is 6.92 Å². The molecule has 1 unspecified atom stereocenters. The number of hydrogen-bond acceptors (Lipinski definition) is 3. The van der Waals surface area contributed by atoms with Crippen molar-refractivity contribution in [2.75, 3.05) is 33.4 Å². The van der Waals surface area contributed by atoms with E-state index in [1.54, 1.807) is 13.2 Å². The predicted octanol–water partition coefficient (Wildman–Crippen LogP) is 0.721. The number of hydrogen-bond donors (Lipinski definition) is 2. The molecular weight excluding hydrogens is 242 g/mol. The number of nitrogens with one attached hydrogen (secondary N) is 2. The predicted molar refractivity (Wildman–Crippen MR) is 77.2 cm³/mol. The third-order valence-electron chi connectivity index (χ3n) is 2.64. The summed E-state index contributed by atoms with van der Waals surface area (Å²) >= 11 is 0. The van der Waals surface area contributed by atoms with Crippen LogP contribution in [0.3, 0.4) is 0 Å². The molecule has 0 radical (unpaired) electrons. The molecule has 0 spiro atoms. The van der Waals surface area contributed by atoms with Crippen molar-refractivity contribution in [1.29, 1.82) is 0 Å². The number of rotatable bonds is 8. The maximum Gasteiger partial charge on any atom is 0.191 e. The molecule has 0 aliphatic carbocycles. The molecule has 2 N–H and O–H groups in total. The van der Waals surface area contributed by atoms with E-state index < -0.39 is 0 Å². The fraction of sp³-hybridized carbons (Fsp3) is 0.692. The summed E-state index contributed by atoms with van der Waals surface area (Å²) in [7, 11) is 1.77. The molecule has 108 valence electrons. The quantitative estimate of drug-likeness (QED) is 0.414. The van der Waals surface area contributed by atoms with Crippen molar-refractivity contribution in [2.45, 2.75) is 20.4 Å². The maximum absolute atomic E-state index is 5.27. The third kappa shape index (κ3) is 6.81. The summed E-state index contributed by atoms with van der Waals surface area (Å²) in [6, 6.07) is 1.94. The van der Waals surface area contributed by atoms with Gasteiger partial charge in [0, 0.05) is 45.7 Å². The Hall–Kier alpha value is -1.56. The van der Waals surface area contributed by atoms with Crippen molar-refractivity contribution in [2.24, 2.45) is 10.9 Å². The van der Waals surface area contributed by atoms with Crippen molar-refractivity contribution in [3.63, 3.8) is 0 Å². The van der Waals surface area contributed by atoms with Gasteiger partial charge in [-0.05, 0) is 18.9 Å². The normalized spacial score (nSPS) is 13.3. The highest BCUT2D eigenvalue weighted by Gasteiger charge is 2.04. The van der Waals surface area contributed by atoms with E-state index in [1.165, 1.54) is 0 Å². The third-order valence-corrected chi connectivity index (χ3v) is 2.64. The number of aliphatic imine (C=N–C) groups is 1. The Labute approximate surface area is 115 Å². The van der Waals surface area contributed by atoms with Crippen LogP contribution in [0, 0.1) is 5.92 Å². The smallest absolute Gasteiger partial charge is 0.191 e. The van der Waals surface area contributed by atoms with Crippen LogP contribution >= 0.6 is 0 Å². The van der Waals surface area contributed by atoms with E-state index in [-0.39, 0.29) is 0 Å². The number of guanidine groups is 1. The van der Waals surface area contributed by atoms with E-state index in [0.29, 0.717) is 12.5 Å². The first-order chi connectivity index (χ1) is 9.26. The van der Waals surface area contributed by atoms with Crippen molar-refractivity contribution >= 4 is 5.96 Å². The minimum absolute atomic E-state index is 0.477. The van der Waals surface area contributed by atoms with Crippen LogP contribution in [0.5, 0.6) is 0 Å². The summed E-state index contributed by atoms with van der Waals surface area (Å²) in [6.07, 6.45) is 3.78. The first kappa shape index (κ1) is 15.5. The molecule has 1 heterocycles. The zero-order valence-corrected chi connectivity index (χ0v) is 12.1.